The number of anilines is 1. The van der Waals surface area contributed by atoms with E-state index in [1.54, 1.807) is 32.2 Å². The summed E-state index contributed by atoms with van der Waals surface area (Å²) in [5.41, 5.74) is 5.87. The highest BCUT2D eigenvalue weighted by Crippen LogP contribution is 2.26. The number of carbonyl (C=O) groups is 2. The molecular weight excluding hydrogens is 273 g/mol. The molecule has 1 heterocycles. The predicted molar refractivity (Wildman–Crippen MR) is 78.2 cm³/mol. The van der Waals surface area contributed by atoms with Crippen LogP contribution >= 0.6 is 0 Å². The predicted octanol–water partition coefficient (Wildman–Crippen LogP) is 1.13. The lowest BCUT2D eigenvalue weighted by atomic mass is 10.1. The number of likely N-dealkylation sites (N-methyl/N-ethyl adjacent to an activating group) is 1. The maximum absolute atomic E-state index is 13.8. The number of rotatable bonds is 4. The lowest BCUT2D eigenvalue weighted by Crippen LogP contribution is -2.44. The number of nitrogens with zero attached hydrogens (tertiary/aromatic N) is 2. The van der Waals surface area contributed by atoms with Gasteiger partial charge in [0.25, 0.3) is 0 Å². The van der Waals surface area contributed by atoms with Crippen molar-refractivity contribution < 1.29 is 14.0 Å². The van der Waals surface area contributed by atoms with E-state index < -0.39 is 11.9 Å². The average Bonchev–Trinajstić information content (AvgIpc) is 2.79. The maximum Gasteiger partial charge on any atom is 0.249 e. The molecule has 6 heteroatoms. The Hall–Kier alpha value is -1.95. The number of nitrogens with two attached hydrogens (primary N) is 1. The Kier molecular flexibility index (Phi) is 4.57. The summed E-state index contributed by atoms with van der Waals surface area (Å²) >= 11 is 0. The van der Waals surface area contributed by atoms with Crippen LogP contribution in [0.25, 0.3) is 0 Å². The number of hydrogen-bond donors (Lipinski definition) is 1. The van der Waals surface area contributed by atoms with Gasteiger partial charge in [0.05, 0.1) is 5.69 Å². The third-order valence-electron chi connectivity index (χ3n) is 3.68. The smallest absolute Gasteiger partial charge is 0.249 e. The van der Waals surface area contributed by atoms with Crippen molar-refractivity contribution in [1.29, 1.82) is 0 Å². The van der Waals surface area contributed by atoms with E-state index in [1.165, 1.54) is 15.9 Å². The zero-order valence-electron chi connectivity index (χ0n) is 12.3. The molecule has 0 aliphatic carbocycles. The van der Waals surface area contributed by atoms with E-state index in [2.05, 4.69) is 0 Å². The Balaban J connectivity index is 2.12. The van der Waals surface area contributed by atoms with E-state index in [9.17, 15) is 14.0 Å². The van der Waals surface area contributed by atoms with Crippen LogP contribution in [0, 0.1) is 5.82 Å². The Morgan fingerprint density at radius 3 is 2.81 bits per heavy atom. The Morgan fingerprint density at radius 1 is 1.52 bits per heavy atom. The molecule has 0 aromatic heterocycles. The van der Waals surface area contributed by atoms with Gasteiger partial charge in [-0.3, -0.25) is 9.59 Å². The third-order valence-corrected chi connectivity index (χ3v) is 3.68. The Morgan fingerprint density at radius 2 is 2.19 bits per heavy atom. The van der Waals surface area contributed by atoms with Gasteiger partial charge in [-0.25, -0.2) is 4.39 Å². The molecule has 2 N–H and O–H groups in total. The molecule has 1 aliphatic heterocycles. The fraction of sp³-hybridized carbons (Fsp3) is 0.467. The average molecular weight is 293 g/mol. The molecular formula is C15H20FN3O2. The molecule has 114 valence electrons. The standard InChI is InChI=1S/C15H20FN3O2/c1-10(17)9-14(20)18(2)13-7-8-19(15(13)21)12-6-4-3-5-11(12)16/h3-6,10,13H,7-9,17H2,1-2H3. The van der Waals surface area contributed by atoms with Crippen molar-refractivity contribution in [3.63, 3.8) is 0 Å². The molecule has 1 aliphatic rings. The minimum absolute atomic E-state index is 0.168. The first-order valence-electron chi connectivity index (χ1n) is 6.99. The summed E-state index contributed by atoms with van der Waals surface area (Å²) < 4.78 is 13.8. The number of amides is 2. The molecule has 0 bridgehead atoms. The van der Waals surface area contributed by atoms with Crippen LogP contribution in [0.15, 0.2) is 24.3 Å². The second kappa shape index (κ2) is 6.22. The Labute approximate surface area is 123 Å². The molecule has 1 fully saturated rings. The quantitative estimate of drug-likeness (QED) is 0.905. The summed E-state index contributed by atoms with van der Waals surface area (Å²) in [7, 11) is 1.60. The van der Waals surface area contributed by atoms with Gasteiger partial charge >= 0.3 is 0 Å². The van der Waals surface area contributed by atoms with Gasteiger partial charge in [0.2, 0.25) is 11.8 Å². The van der Waals surface area contributed by atoms with Gasteiger partial charge in [0, 0.05) is 26.1 Å². The lowest BCUT2D eigenvalue weighted by molar-refractivity contribution is -0.136. The van der Waals surface area contributed by atoms with Crippen molar-refractivity contribution in [2.45, 2.75) is 31.8 Å². The maximum atomic E-state index is 13.8. The van der Waals surface area contributed by atoms with Crippen molar-refractivity contribution in [2.75, 3.05) is 18.5 Å². The zero-order chi connectivity index (χ0) is 15.6. The minimum atomic E-state index is -0.546. The summed E-state index contributed by atoms with van der Waals surface area (Å²) in [5.74, 6) is -0.851. The summed E-state index contributed by atoms with van der Waals surface area (Å²) in [6.07, 6.45) is 0.689. The monoisotopic (exact) mass is 293 g/mol. The van der Waals surface area contributed by atoms with E-state index in [0.717, 1.165) is 0 Å². The molecule has 1 aromatic carbocycles. The van der Waals surface area contributed by atoms with Crippen LogP contribution in [0.1, 0.15) is 19.8 Å². The molecule has 1 saturated heterocycles. The van der Waals surface area contributed by atoms with Gasteiger partial charge in [0.1, 0.15) is 11.9 Å². The molecule has 2 atom stereocenters. The van der Waals surface area contributed by atoms with Crippen molar-refractivity contribution in [1.82, 2.24) is 4.90 Å². The molecule has 1 aromatic rings. The van der Waals surface area contributed by atoms with Crippen molar-refractivity contribution in [2.24, 2.45) is 5.73 Å². The van der Waals surface area contributed by atoms with E-state index >= 15 is 0 Å². The van der Waals surface area contributed by atoms with Crippen LogP contribution in [0.2, 0.25) is 0 Å². The fourth-order valence-corrected chi connectivity index (χ4v) is 2.53. The first kappa shape index (κ1) is 15.4. The topological polar surface area (TPSA) is 66.6 Å². The van der Waals surface area contributed by atoms with Crippen LogP contribution < -0.4 is 10.6 Å². The molecule has 0 spiro atoms. The van der Waals surface area contributed by atoms with Gasteiger partial charge in [-0.05, 0) is 25.5 Å². The number of hydrogen-bond acceptors (Lipinski definition) is 3. The van der Waals surface area contributed by atoms with Crippen LogP contribution in [-0.2, 0) is 9.59 Å². The molecule has 5 nitrogen and oxygen atoms in total. The SMILES string of the molecule is CC(N)CC(=O)N(C)C1CCN(c2ccccc2F)C1=O. The van der Waals surface area contributed by atoms with E-state index in [-0.39, 0.29) is 30.0 Å². The minimum Gasteiger partial charge on any atom is -0.334 e. The lowest BCUT2D eigenvalue weighted by Gasteiger charge is -2.24. The first-order valence-corrected chi connectivity index (χ1v) is 6.99. The largest absolute Gasteiger partial charge is 0.334 e. The van der Waals surface area contributed by atoms with E-state index in [4.69, 9.17) is 5.73 Å². The van der Waals surface area contributed by atoms with Crippen molar-refractivity contribution in [3.05, 3.63) is 30.1 Å². The zero-order valence-corrected chi connectivity index (χ0v) is 12.3. The summed E-state index contributed by atoms with van der Waals surface area (Å²) in [6.45, 7) is 2.15. The molecule has 0 saturated carbocycles. The van der Waals surface area contributed by atoms with Crippen molar-refractivity contribution in [3.8, 4) is 0 Å². The highest BCUT2D eigenvalue weighted by molar-refractivity contribution is 6.01. The molecule has 2 rings (SSSR count). The van der Waals surface area contributed by atoms with Crippen LogP contribution in [0.3, 0.4) is 0 Å². The summed E-state index contributed by atoms with van der Waals surface area (Å²) in [5, 5.41) is 0. The number of halogens is 1. The highest BCUT2D eigenvalue weighted by atomic mass is 19.1. The van der Waals surface area contributed by atoms with Crippen LogP contribution in [-0.4, -0.2) is 42.4 Å². The third kappa shape index (κ3) is 3.21. The van der Waals surface area contributed by atoms with E-state index in [1.807, 2.05) is 0 Å². The van der Waals surface area contributed by atoms with Gasteiger partial charge < -0.3 is 15.5 Å². The number of benzene rings is 1. The molecule has 2 unspecified atom stereocenters. The highest BCUT2D eigenvalue weighted by Gasteiger charge is 2.37. The summed E-state index contributed by atoms with van der Waals surface area (Å²) in [4.78, 5) is 27.2. The molecule has 2 amide bonds. The normalized spacial score (nSPS) is 19.7. The van der Waals surface area contributed by atoms with E-state index in [0.29, 0.717) is 13.0 Å². The molecule has 21 heavy (non-hydrogen) atoms. The van der Waals surface area contributed by atoms with Gasteiger partial charge in [-0.2, -0.15) is 0 Å². The van der Waals surface area contributed by atoms with Crippen molar-refractivity contribution >= 4 is 17.5 Å². The van der Waals surface area contributed by atoms with Crippen LogP contribution in [0.4, 0.5) is 10.1 Å². The number of para-hydroxylation sites is 1. The second-order valence-electron chi connectivity index (χ2n) is 5.43. The molecule has 0 radical (unpaired) electrons. The van der Waals surface area contributed by atoms with Gasteiger partial charge in [0.15, 0.2) is 0 Å². The first-order chi connectivity index (χ1) is 9.91. The van der Waals surface area contributed by atoms with Gasteiger partial charge in [-0.15, -0.1) is 0 Å². The van der Waals surface area contributed by atoms with Gasteiger partial charge in [-0.1, -0.05) is 12.1 Å². The fourth-order valence-electron chi connectivity index (χ4n) is 2.53. The number of carbonyl (C=O) groups excluding carboxylic acids is 2. The van der Waals surface area contributed by atoms with Crippen LogP contribution in [0.5, 0.6) is 0 Å². The Bertz CT molecular complexity index is 547. The summed E-state index contributed by atoms with van der Waals surface area (Å²) in [6, 6.07) is 5.36. The second-order valence-corrected chi connectivity index (χ2v) is 5.43.